The Bertz CT molecular complexity index is 1870. The molecular weight excluding hydrogens is 538 g/mol. The fourth-order valence-electron chi connectivity index (χ4n) is 5.50. The van der Waals surface area contributed by atoms with E-state index in [9.17, 15) is 0 Å². The first kappa shape index (κ1) is 28.0. The fourth-order valence-corrected chi connectivity index (χ4v) is 5.50. The number of allylic oxidation sites excluding steroid dienone is 2. The summed E-state index contributed by atoms with van der Waals surface area (Å²) in [4.78, 5) is 6.20. The van der Waals surface area contributed by atoms with Crippen LogP contribution in [0.3, 0.4) is 0 Å². The monoisotopic (exact) mass is 569 g/mol. The fraction of sp³-hybridized carbons (Fsp3) is 0.0256. The SMILES string of the molecule is C#C/C=C\C(=C/C)C(=N)N(C(=N)c1ccccc1)c1ccc(N2c3ccccc3N(c3ccccc3)c3ccccc32)cc1. The summed E-state index contributed by atoms with van der Waals surface area (Å²) >= 11 is 0. The molecule has 5 heteroatoms. The van der Waals surface area contributed by atoms with Gasteiger partial charge in [0.25, 0.3) is 0 Å². The molecule has 0 bridgehead atoms. The van der Waals surface area contributed by atoms with Crippen molar-refractivity contribution in [2.75, 3.05) is 14.7 Å². The smallest absolute Gasteiger partial charge is 0.138 e. The van der Waals surface area contributed by atoms with E-state index in [-0.39, 0.29) is 11.7 Å². The molecule has 1 heterocycles. The van der Waals surface area contributed by atoms with Crippen LogP contribution in [0.15, 0.2) is 157 Å². The Morgan fingerprint density at radius 1 is 0.636 bits per heavy atom. The molecule has 44 heavy (non-hydrogen) atoms. The predicted octanol–water partition coefficient (Wildman–Crippen LogP) is 9.88. The van der Waals surface area contributed by atoms with Crippen molar-refractivity contribution in [3.05, 3.63) is 163 Å². The van der Waals surface area contributed by atoms with E-state index in [2.05, 4.69) is 88.5 Å². The lowest BCUT2D eigenvalue weighted by Crippen LogP contribution is -2.37. The summed E-state index contributed by atoms with van der Waals surface area (Å²) < 4.78 is 0. The minimum atomic E-state index is 0.160. The first-order chi connectivity index (χ1) is 21.6. The Morgan fingerprint density at radius 3 is 1.57 bits per heavy atom. The van der Waals surface area contributed by atoms with Gasteiger partial charge >= 0.3 is 0 Å². The first-order valence-electron chi connectivity index (χ1n) is 14.4. The molecule has 5 aromatic carbocycles. The van der Waals surface area contributed by atoms with Gasteiger partial charge in [0.05, 0.1) is 22.7 Å². The molecule has 1 aliphatic rings. The molecule has 2 N–H and O–H groups in total. The van der Waals surface area contributed by atoms with Gasteiger partial charge in [-0.2, -0.15) is 0 Å². The van der Waals surface area contributed by atoms with E-state index in [1.807, 2.05) is 73.7 Å². The molecule has 0 aromatic heterocycles. The van der Waals surface area contributed by atoms with Crippen molar-refractivity contribution < 1.29 is 0 Å². The van der Waals surface area contributed by atoms with Gasteiger partial charge in [0, 0.05) is 28.2 Å². The Morgan fingerprint density at radius 2 is 1.09 bits per heavy atom. The second-order valence-electron chi connectivity index (χ2n) is 10.1. The van der Waals surface area contributed by atoms with Gasteiger partial charge in [-0.25, -0.2) is 0 Å². The Balaban J connectivity index is 1.44. The van der Waals surface area contributed by atoms with E-state index in [1.54, 1.807) is 17.1 Å². The molecule has 0 radical (unpaired) electrons. The number of benzene rings is 5. The van der Waals surface area contributed by atoms with Gasteiger partial charge in [-0.15, -0.1) is 6.42 Å². The van der Waals surface area contributed by atoms with Crippen LogP contribution in [-0.4, -0.2) is 11.7 Å². The lowest BCUT2D eigenvalue weighted by Gasteiger charge is -2.40. The summed E-state index contributed by atoms with van der Waals surface area (Å²) in [6.07, 6.45) is 10.6. The van der Waals surface area contributed by atoms with Crippen molar-refractivity contribution in [2.24, 2.45) is 0 Å². The van der Waals surface area contributed by atoms with Crippen LogP contribution < -0.4 is 14.7 Å². The number of para-hydroxylation sites is 5. The standard InChI is InChI=1S/C39H31N5/c1-3-5-16-29(4-2)38(40)44(39(41)30-17-8-6-9-18-30)33-27-25-32(26-28-33)43-36-23-14-12-21-34(36)42(31-19-10-7-11-20-31)35-22-13-15-24-37(35)43/h1,4-28,40-41H,2H3/b16-5-,29-4+,40-38?,41-39?. The zero-order chi connectivity index (χ0) is 30.5. The molecule has 5 aromatic rings. The highest BCUT2D eigenvalue weighted by Gasteiger charge is 2.30. The molecule has 212 valence electrons. The number of hydrogen-bond acceptors (Lipinski definition) is 4. The molecule has 0 fully saturated rings. The number of rotatable bonds is 6. The second kappa shape index (κ2) is 12.4. The van der Waals surface area contributed by atoms with Crippen LogP contribution in [0.5, 0.6) is 0 Å². The van der Waals surface area contributed by atoms with Gasteiger partial charge in [0.15, 0.2) is 0 Å². The summed E-state index contributed by atoms with van der Waals surface area (Å²) in [5, 5.41) is 18.3. The first-order valence-corrected chi connectivity index (χ1v) is 14.4. The van der Waals surface area contributed by atoms with Crippen molar-refractivity contribution in [1.82, 2.24) is 0 Å². The third-order valence-electron chi connectivity index (χ3n) is 7.55. The predicted molar refractivity (Wildman–Crippen MR) is 185 cm³/mol. The van der Waals surface area contributed by atoms with Crippen molar-refractivity contribution >= 4 is 51.5 Å². The summed E-state index contributed by atoms with van der Waals surface area (Å²) in [7, 11) is 0. The van der Waals surface area contributed by atoms with Crippen LogP contribution in [0.1, 0.15) is 12.5 Å². The quantitative estimate of drug-likeness (QED) is 0.0908. The van der Waals surface area contributed by atoms with Crippen molar-refractivity contribution in [3.8, 4) is 12.3 Å². The lowest BCUT2D eigenvalue weighted by atomic mass is 10.0. The summed E-state index contributed by atoms with van der Waals surface area (Å²) in [5.74, 6) is 2.86. The number of nitrogens with zero attached hydrogens (tertiary/aromatic N) is 3. The molecule has 0 saturated carbocycles. The minimum Gasteiger partial charge on any atom is -0.306 e. The van der Waals surface area contributed by atoms with Gasteiger partial charge in [-0.05, 0) is 79.7 Å². The Kier molecular flexibility index (Phi) is 7.90. The highest BCUT2D eigenvalue weighted by molar-refractivity contribution is 6.28. The maximum Gasteiger partial charge on any atom is 0.138 e. The summed E-state index contributed by atoms with van der Waals surface area (Å²) in [6, 6.07) is 44.7. The molecule has 0 amide bonds. The maximum absolute atomic E-state index is 9.13. The van der Waals surface area contributed by atoms with Crippen LogP contribution in [-0.2, 0) is 0 Å². The number of hydrogen-bond donors (Lipinski definition) is 2. The molecular formula is C39H31N5. The van der Waals surface area contributed by atoms with Crippen LogP contribution in [0.2, 0.25) is 0 Å². The minimum absolute atomic E-state index is 0.160. The molecule has 6 rings (SSSR count). The van der Waals surface area contributed by atoms with Crippen LogP contribution in [0, 0.1) is 23.2 Å². The number of fused-ring (bicyclic) bond motifs is 2. The molecule has 0 aliphatic carbocycles. The van der Waals surface area contributed by atoms with Gasteiger partial charge in [0.1, 0.15) is 11.7 Å². The molecule has 0 unspecified atom stereocenters. The molecule has 5 nitrogen and oxygen atoms in total. The average molecular weight is 570 g/mol. The van der Waals surface area contributed by atoms with E-state index >= 15 is 0 Å². The van der Waals surface area contributed by atoms with E-state index in [4.69, 9.17) is 17.2 Å². The largest absolute Gasteiger partial charge is 0.306 e. The van der Waals surface area contributed by atoms with Gasteiger partial charge in [-0.1, -0.05) is 84.8 Å². The molecule has 1 aliphatic heterocycles. The topological polar surface area (TPSA) is 57.4 Å². The molecule has 0 spiro atoms. The van der Waals surface area contributed by atoms with Crippen LogP contribution >= 0.6 is 0 Å². The highest BCUT2D eigenvalue weighted by atomic mass is 15.3. The number of terminal acetylenes is 1. The third-order valence-corrected chi connectivity index (χ3v) is 7.55. The van der Waals surface area contributed by atoms with E-state index in [0.717, 1.165) is 34.1 Å². The van der Waals surface area contributed by atoms with Crippen molar-refractivity contribution in [2.45, 2.75) is 6.92 Å². The van der Waals surface area contributed by atoms with Gasteiger partial charge < -0.3 is 9.80 Å². The van der Waals surface area contributed by atoms with Crippen molar-refractivity contribution in [3.63, 3.8) is 0 Å². The molecule has 0 atom stereocenters. The zero-order valence-electron chi connectivity index (χ0n) is 24.4. The third kappa shape index (κ3) is 5.17. The normalized spacial score (nSPS) is 12.3. The Hall–Kier alpha value is -6.12. The maximum atomic E-state index is 9.13. The zero-order valence-corrected chi connectivity index (χ0v) is 24.4. The highest BCUT2D eigenvalue weighted by Crippen LogP contribution is 2.53. The Labute approximate surface area is 258 Å². The van der Waals surface area contributed by atoms with E-state index < -0.39 is 0 Å². The number of amidine groups is 2. The van der Waals surface area contributed by atoms with Gasteiger partial charge in [0.2, 0.25) is 0 Å². The molecule has 0 saturated heterocycles. The van der Waals surface area contributed by atoms with Crippen LogP contribution in [0.25, 0.3) is 0 Å². The van der Waals surface area contributed by atoms with E-state index in [1.165, 1.54) is 0 Å². The summed E-state index contributed by atoms with van der Waals surface area (Å²) in [6.45, 7) is 1.86. The van der Waals surface area contributed by atoms with Crippen LogP contribution in [0.4, 0.5) is 39.8 Å². The average Bonchev–Trinajstić information content (AvgIpc) is 3.08. The van der Waals surface area contributed by atoms with Gasteiger partial charge in [-0.3, -0.25) is 15.7 Å². The van der Waals surface area contributed by atoms with Crippen molar-refractivity contribution in [1.29, 1.82) is 10.8 Å². The number of nitrogens with one attached hydrogen (secondary N) is 2. The second-order valence-corrected chi connectivity index (χ2v) is 10.1. The summed E-state index contributed by atoms with van der Waals surface area (Å²) in [5.41, 5.74) is 8.35. The lowest BCUT2D eigenvalue weighted by molar-refractivity contribution is 1.17. The number of anilines is 7. The van der Waals surface area contributed by atoms with E-state index in [0.29, 0.717) is 16.8 Å².